The van der Waals surface area contributed by atoms with Crippen molar-refractivity contribution in [2.45, 2.75) is 11.8 Å². The highest BCUT2D eigenvalue weighted by Gasteiger charge is 2.67. The van der Waals surface area contributed by atoms with E-state index in [1.807, 2.05) is 0 Å². The van der Waals surface area contributed by atoms with E-state index in [4.69, 9.17) is 0 Å². The first-order valence-corrected chi connectivity index (χ1v) is 9.99. The van der Waals surface area contributed by atoms with Crippen LogP contribution in [0.3, 0.4) is 0 Å². The zero-order valence-electron chi connectivity index (χ0n) is 15.3. The van der Waals surface area contributed by atoms with Gasteiger partial charge in [0.15, 0.2) is 0 Å². The first-order valence-electron chi connectivity index (χ1n) is 9.99. The second-order valence-electron chi connectivity index (χ2n) is 8.17. The summed E-state index contributed by atoms with van der Waals surface area (Å²) in [6.07, 6.45) is 6.50. The lowest BCUT2D eigenvalue weighted by atomic mass is 9.73. The van der Waals surface area contributed by atoms with Gasteiger partial charge in [0.2, 0.25) is 0 Å². The van der Waals surface area contributed by atoms with Gasteiger partial charge in [0.25, 0.3) is 0 Å². The van der Waals surface area contributed by atoms with Gasteiger partial charge in [0.05, 0.1) is 0 Å². The average Bonchev–Trinajstić information content (AvgIpc) is 3.46. The van der Waals surface area contributed by atoms with Gasteiger partial charge in [-0.2, -0.15) is 0 Å². The van der Waals surface area contributed by atoms with Crippen molar-refractivity contribution in [3.63, 3.8) is 0 Å². The van der Waals surface area contributed by atoms with Crippen LogP contribution in [0, 0.1) is 17.8 Å². The van der Waals surface area contributed by atoms with E-state index in [-0.39, 0.29) is 5.41 Å². The fourth-order valence-corrected chi connectivity index (χ4v) is 5.71. The molecule has 3 aromatic carbocycles. The van der Waals surface area contributed by atoms with Crippen molar-refractivity contribution in [1.82, 2.24) is 0 Å². The first kappa shape index (κ1) is 15.2. The Morgan fingerprint density at radius 3 is 1.81 bits per heavy atom. The van der Waals surface area contributed by atoms with Gasteiger partial charge in [-0.15, -0.1) is 0 Å². The molecule has 0 N–H and O–H groups in total. The Morgan fingerprint density at radius 2 is 1.19 bits per heavy atom. The zero-order chi connectivity index (χ0) is 17.8. The van der Waals surface area contributed by atoms with Crippen LogP contribution in [0.1, 0.15) is 23.1 Å². The monoisotopic (exact) mass is 346 g/mol. The lowest BCUT2D eigenvalue weighted by Crippen LogP contribution is -2.19. The van der Waals surface area contributed by atoms with Gasteiger partial charge < -0.3 is 0 Å². The van der Waals surface area contributed by atoms with E-state index in [2.05, 4.69) is 103 Å². The van der Waals surface area contributed by atoms with Crippen LogP contribution in [0.15, 0.2) is 103 Å². The maximum atomic E-state index is 2.63. The molecule has 0 amide bonds. The van der Waals surface area contributed by atoms with E-state index in [0.717, 1.165) is 5.92 Å². The average molecular weight is 346 g/mol. The van der Waals surface area contributed by atoms with Gasteiger partial charge in [-0.3, -0.25) is 0 Å². The molecule has 0 unspecified atom stereocenters. The van der Waals surface area contributed by atoms with E-state index in [1.165, 1.54) is 34.3 Å². The van der Waals surface area contributed by atoms with Gasteiger partial charge >= 0.3 is 0 Å². The van der Waals surface area contributed by atoms with Crippen LogP contribution in [0.5, 0.6) is 0 Å². The van der Waals surface area contributed by atoms with E-state index in [1.54, 1.807) is 0 Å². The third kappa shape index (κ3) is 2.10. The minimum Gasteiger partial charge on any atom is -0.0754 e. The summed E-state index contributed by atoms with van der Waals surface area (Å²) in [7, 11) is 0. The first-order chi connectivity index (χ1) is 13.4. The Labute approximate surface area is 160 Å². The van der Waals surface area contributed by atoms with Crippen LogP contribution in [0.2, 0.25) is 0 Å². The van der Waals surface area contributed by atoms with Gasteiger partial charge in [0, 0.05) is 11.3 Å². The summed E-state index contributed by atoms with van der Waals surface area (Å²) in [5.74, 6) is 1.90. The summed E-state index contributed by atoms with van der Waals surface area (Å²) in [5.41, 5.74) is 7.49. The van der Waals surface area contributed by atoms with Crippen LogP contribution in [0.25, 0.3) is 11.1 Å². The van der Waals surface area contributed by atoms with Crippen molar-refractivity contribution in [2.75, 3.05) is 0 Å². The van der Waals surface area contributed by atoms with Crippen LogP contribution in [-0.2, 0) is 5.41 Å². The maximum Gasteiger partial charge on any atom is 0.0239 e. The summed E-state index contributed by atoms with van der Waals surface area (Å²) < 4.78 is 0. The molecule has 1 saturated carbocycles. The van der Waals surface area contributed by atoms with Gasteiger partial charge in [-0.25, -0.2) is 0 Å². The predicted octanol–water partition coefficient (Wildman–Crippen LogP) is 6.37. The van der Waals surface area contributed by atoms with Crippen molar-refractivity contribution in [2.24, 2.45) is 17.8 Å². The highest BCUT2D eigenvalue weighted by atomic mass is 14.7. The van der Waals surface area contributed by atoms with E-state index in [9.17, 15) is 0 Å². The molecule has 0 radical (unpaired) electrons. The molecule has 4 atom stereocenters. The van der Waals surface area contributed by atoms with Crippen LogP contribution in [-0.4, -0.2) is 0 Å². The second kappa shape index (κ2) is 5.57. The van der Waals surface area contributed by atoms with Gasteiger partial charge in [-0.1, -0.05) is 103 Å². The summed E-state index contributed by atoms with van der Waals surface area (Å²) in [6, 6.07) is 33.2. The summed E-state index contributed by atoms with van der Waals surface area (Å²) >= 11 is 0. The minimum atomic E-state index is 0.194. The molecule has 0 aromatic heterocycles. The lowest BCUT2D eigenvalue weighted by Gasteiger charge is -2.31. The minimum absolute atomic E-state index is 0.194. The molecule has 2 bridgehead atoms. The number of rotatable bonds is 3. The van der Waals surface area contributed by atoms with Crippen LogP contribution in [0.4, 0.5) is 0 Å². The molecule has 3 aromatic rings. The normalized spacial score (nSPS) is 30.3. The van der Waals surface area contributed by atoms with Crippen molar-refractivity contribution >= 4 is 11.1 Å². The Balaban J connectivity index is 1.57. The highest BCUT2D eigenvalue weighted by molar-refractivity contribution is 5.88. The molecular formula is C27H22. The van der Waals surface area contributed by atoms with Crippen molar-refractivity contribution in [3.05, 3.63) is 120 Å². The largest absolute Gasteiger partial charge is 0.0754 e. The van der Waals surface area contributed by atoms with Gasteiger partial charge in [0.1, 0.15) is 0 Å². The molecule has 27 heavy (non-hydrogen) atoms. The van der Waals surface area contributed by atoms with Crippen molar-refractivity contribution in [1.29, 1.82) is 0 Å². The molecule has 0 aliphatic heterocycles. The quantitative estimate of drug-likeness (QED) is 0.517. The molecule has 3 aliphatic rings. The number of allylic oxidation sites excluding steroid dienone is 4. The van der Waals surface area contributed by atoms with Crippen LogP contribution < -0.4 is 0 Å². The summed E-state index contributed by atoms with van der Waals surface area (Å²) in [5, 5.41) is 0. The summed E-state index contributed by atoms with van der Waals surface area (Å²) in [4.78, 5) is 0. The summed E-state index contributed by atoms with van der Waals surface area (Å²) in [6.45, 7) is 0. The predicted molar refractivity (Wildman–Crippen MR) is 112 cm³/mol. The third-order valence-electron chi connectivity index (χ3n) is 6.97. The standard InChI is InChI=1S/C27H22/c1-4-10-19(11-5-1)22-16-25-26-17-23(22)24(20-12-6-2-7-13-20)18-27(25,26)21-14-8-3-9-15-21/h1-16,18,23,25-26H,17H2/t23-,25-,26+,27+/m1/s1. The van der Waals surface area contributed by atoms with E-state index >= 15 is 0 Å². The number of hydrogen-bond acceptors (Lipinski definition) is 0. The molecule has 0 heteroatoms. The third-order valence-corrected chi connectivity index (χ3v) is 6.97. The number of benzene rings is 3. The smallest absolute Gasteiger partial charge is 0.0239 e. The molecule has 0 spiro atoms. The Hall–Kier alpha value is -2.86. The lowest BCUT2D eigenvalue weighted by molar-refractivity contribution is 0.571. The molecule has 0 nitrogen and oxygen atoms in total. The topological polar surface area (TPSA) is 0 Å². The molecule has 1 fully saturated rings. The Bertz CT molecular complexity index is 1040. The molecular weight excluding hydrogens is 324 g/mol. The second-order valence-corrected chi connectivity index (χ2v) is 8.17. The van der Waals surface area contributed by atoms with Crippen molar-refractivity contribution < 1.29 is 0 Å². The van der Waals surface area contributed by atoms with Gasteiger partial charge in [-0.05, 0) is 46.1 Å². The fourth-order valence-electron chi connectivity index (χ4n) is 5.71. The Kier molecular flexibility index (Phi) is 3.14. The number of fused-ring (bicyclic) bond motifs is 2. The SMILES string of the molecule is C1=C(c2ccccc2)[C@H]2C[C@H]3[C@@H]1[C@@]3(c1ccccc1)C=C2c1ccccc1. The molecule has 0 heterocycles. The van der Waals surface area contributed by atoms with E-state index < -0.39 is 0 Å². The van der Waals surface area contributed by atoms with E-state index in [0.29, 0.717) is 11.8 Å². The maximum absolute atomic E-state index is 2.63. The molecule has 6 rings (SSSR count). The van der Waals surface area contributed by atoms with Crippen molar-refractivity contribution in [3.8, 4) is 0 Å². The molecule has 130 valence electrons. The zero-order valence-corrected chi connectivity index (χ0v) is 15.3. The molecule has 3 aliphatic carbocycles. The van der Waals surface area contributed by atoms with Crippen LogP contribution >= 0.6 is 0 Å². The molecule has 0 saturated heterocycles. The highest BCUT2D eigenvalue weighted by Crippen LogP contribution is 2.72. The fraction of sp³-hybridized carbons (Fsp3) is 0.185. The Morgan fingerprint density at radius 1 is 0.630 bits per heavy atom. The number of hydrogen-bond donors (Lipinski definition) is 0.